The van der Waals surface area contributed by atoms with Crippen molar-refractivity contribution in [2.45, 2.75) is 33.6 Å². The molecule has 0 bridgehead atoms. The molecule has 3 nitrogen and oxygen atoms in total. The predicted octanol–water partition coefficient (Wildman–Crippen LogP) is 4.41. The molecule has 2 rings (SSSR count). The third kappa shape index (κ3) is 4.62. The molecule has 0 aliphatic heterocycles. The number of hydrogen-bond acceptors (Lipinski definition) is 2. The van der Waals surface area contributed by atoms with E-state index in [1.165, 1.54) is 5.56 Å². The van der Waals surface area contributed by atoms with Gasteiger partial charge in [-0.25, -0.2) is 0 Å². The molecule has 2 aromatic rings. The van der Waals surface area contributed by atoms with Gasteiger partial charge in [-0.2, -0.15) is 0 Å². The fourth-order valence-electron chi connectivity index (χ4n) is 2.30. The van der Waals surface area contributed by atoms with Crippen molar-refractivity contribution < 1.29 is 9.53 Å². The van der Waals surface area contributed by atoms with E-state index in [0.29, 0.717) is 19.4 Å². The van der Waals surface area contributed by atoms with Crippen LogP contribution in [0.2, 0.25) is 0 Å². The van der Waals surface area contributed by atoms with Crippen LogP contribution in [0.3, 0.4) is 0 Å². The summed E-state index contributed by atoms with van der Waals surface area (Å²) in [6, 6.07) is 13.9. The lowest BCUT2D eigenvalue weighted by Crippen LogP contribution is -2.13. The highest BCUT2D eigenvalue weighted by Crippen LogP contribution is 2.19. The summed E-state index contributed by atoms with van der Waals surface area (Å²) in [6.45, 7) is 6.63. The van der Waals surface area contributed by atoms with Crippen LogP contribution in [0.4, 0.5) is 5.69 Å². The number of anilines is 1. The summed E-state index contributed by atoms with van der Waals surface area (Å²) >= 11 is 0. The molecule has 116 valence electrons. The SMILES string of the molecule is Cc1ccc(OCCCC(=O)Nc2ccccc2C)c(C)c1. The number of amides is 1. The van der Waals surface area contributed by atoms with Gasteiger partial charge in [-0.1, -0.05) is 35.9 Å². The Hall–Kier alpha value is -2.29. The molecular weight excluding hydrogens is 274 g/mol. The minimum absolute atomic E-state index is 0.0264. The van der Waals surface area contributed by atoms with Crippen molar-refractivity contribution in [1.29, 1.82) is 0 Å². The zero-order valence-electron chi connectivity index (χ0n) is 13.5. The van der Waals surface area contributed by atoms with E-state index < -0.39 is 0 Å². The van der Waals surface area contributed by atoms with E-state index in [-0.39, 0.29) is 5.91 Å². The van der Waals surface area contributed by atoms with Crippen LogP contribution in [-0.4, -0.2) is 12.5 Å². The van der Waals surface area contributed by atoms with Gasteiger partial charge in [0.15, 0.2) is 0 Å². The second kappa shape index (κ2) is 7.64. The van der Waals surface area contributed by atoms with Crippen molar-refractivity contribution in [3.8, 4) is 5.75 Å². The predicted molar refractivity (Wildman–Crippen MR) is 90.5 cm³/mol. The molecule has 0 saturated heterocycles. The zero-order valence-corrected chi connectivity index (χ0v) is 13.5. The van der Waals surface area contributed by atoms with Gasteiger partial charge in [0.05, 0.1) is 6.61 Å². The molecule has 3 heteroatoms. The normalized spacial score (nSPS) is 10.3. The van der Waals surface area contributed by atoms with Crippen LogP contribution in [0.1, 0.15) is 29.5 Å². The number of para-hydroxylation sites is 1. The molecule has 0 aliphatic carbocycles. The van der Waals surface area contributed by atoms with Crippen LogP contribution in [0.25, 0.3) is 0 Å². The van der Waals surface area contributed by atoms with Crippen LogP contribution >= 0.6 is 0 Å². The van der Waals surface area contributed by atoms with Crippen LogP contribution in [0.5, 0.6) is 5.75 Å². The van der Waals surface area contributed by atoms with Crippen molar-refractivity contribution in [1.82, 2.24) is 0 Å². The molecule has 0 unspecified atom stereocenters. The van der Waals surface area contributed by atoms with Gasteiger partial charge >= 0.3 is 0 Å². The van der Waals surface area contributed by atoms with Gasteiger partial charge in [0, 0.05) is 12.1 Å². The Bertz CT molecular complexity index is 650. The van der Waals surface area contributed by atoms with E-state index in [1.54, 1.807) is 0 Å². The molecule has 22 heavy (non-hydrogen) atoms. The molecule has 0 radical (unpaired) electrons. The number of hydrogen-bond donors (Lipinski definition) is 1. The summed E-state index contributed by atoms with van der Waals surface area (Å²) in [7, 11) is 0. The first kappa shape index (κ1) is 16.1. The first-order valence-corrected chi connectivity index (χ1v) is 7.62. The second-order valence-electron chi connectivity index (χ2n) is 5.58. The topological polar surface area (TPSA) is 38.3 Å². The van der Waals surface area contributed by atoms with Crippen molar-refractivity contribution >= 4 is 11.6 Å². The molecule has 0 aromatic heterocycles. The molecule has 1 N–H and O–H groups in total. The first-order valence-electron chi connectivity index (χ1n) is 7.62. The van der Waals surface area contributed by atoms with Gasteiger partial charge in [-0.3, -0.25) is 4.79 Å². The van der Waals surface area contributed by atoms with Gasteiger partial charge in [-0.05, 0) is 50.5 Å². The van der Waals surface area contributed by atoms with Gasteiger partial charge < -0.3 is 10.1 Å². The highest BCUT2D eigenvalue weighted by molar-refractivity contribution is 5.91. The third-order valence-corrected chi connectivity index (χ3v) is 3.56. The summed E-state index contributed by atoms with van der Waals surface area (Å²) in [5, 5.41) is 2.93. The molecular formula is C19H23NO2. The number of rotatable bonds is 6. The van der Waals surface area contributed by atoms with E-state index in [1.807, 2.05) is 50.2 Å². The van der Waals surface area contributed by atoms with Gasteiger partial charge in [0.25, 0.3) is 0 Å². The summed E-state index contributed by atoms with van der Waals surface area (Å²) in [5.74, 6) is 0.920. The van der Waals surface area contributed by atoms with E-state index in [0.717, 1.165) is 22.6 Å². The monoisotopic (exact) mass is 297 g/mol. The molecule has 1 amide bonds. The van der Waals surface area contributed by atoms with Crippen LogP contribution in [0, 0.1) is 20.8 Å². The number of benzene rings is 2. The Morgan fingerprint density at radius 1 is 1.05 bits per heavy atom. The van der Waals surface area contributed by atoms with Crippen LogP contribution in [0.15, 0.2) is 42.5 Å². The lowest BCUT2D eigenvalue weighted by atomic mass is 10.1. The lowest BCUT2D eigenvalue weighted by molar-refractivity contribution is -0.116. The third-order valence-electron chi connectivity index (χ3n) is 3.56. The number of carbonyl (C=O) groups is 1. The summed E-state index contributed by atoms with van der Waals surface area (Å²) < 4.78 is 5.74. The van der Waals surface area contributed by atoms with E-state index in [4.69, 9.17) is 4.74 Å². The fraction of sp³-hybridized carbons (Fsp3) is 0.316. The second-order valence-corrected chi connectivity index (χ2v) is 5.58. The Kier molecular flexibility index (Phi) is 5.59. The van der Waals surface area contributed by atoms with E-state index in [9.17, 15) is 4.79 Å². The standard InChI is InChI=1S/C19H23NO2/c1-14-10-11-18(16(3)13-14)22-12-6-9-19(21)20-17-8-5-4-7-15(17)2/h4-5,7-8,10-11,13H,6,9,12H2,1-3H3,(H,20,21). The van der Waals surface area contributed by atoms with Crippen LogP contribution in [-0.2, 0) is 4.79 Å². The molecule has 0 aliphatic rings. The Labute approximate surface area is 132 Å². The van der Waals surface area contributed by atoms with E-state index >= 15 is 0 Å². The van der Waals surface area contributed by atoms with Crippen molar-refractivity contribution in [2.24, 2.45) is 0 Å². The van der Waals surface area contributed by atoms with Crippen molar-refractivity contribution in [2.75, 3.05) is 11.9 Å². The average molecular weight is 297 g/mol. The maximum absolute atomic E-state index is 11.9. The summed E-state index contributed by atoms with van der Waals surface area (Å²) in [4.78, 5) is 11.9. The Morgan fingerprint density at radius 3 is 2.55 bits per heavy atom. The number of carbonyl (C=O) groups excluding carboxylic acids is 1. The maximum Gasteiger partial charge on any atom is 0.224 e. The summed E-state index contributed by atoms with van der Waals surface area (Å²) in [5.41, 5.74) is 4.30. The largest absolute Gasteiger partial charge is 0.493 e. The van der Waals surface area contributed by atoms with Crippen molar-refractivity contribution in [3.05, 3.63) is 59.2 Å². The maximum atomic E-state index is 11.9. The van der Waals surface area contributed by atoms with Crippen molar-refractivity contribution in [3.63, 3.8) is 0 Å². The smallest absolute Gasteiger partial charge is 0.224 e. The zero-order chi connectivity index (χ0) is 15.9. The molecule has 0 heterocycles. The molecule has 0 fully saturated rings. The number of aryl methyl sites for hydroxylation is 3. The van der Waals surface area contributed by atoms with Gasteiger partial charge in [-0.15, -0.1) is 0 Å². The molecule has 0 spiro atoms. The molecule has 0 atom stereocenters. The summed E-state index contributed by atoms with van der Waals surface area (Å²) in [6.07, 6.45) is 1.16. The quantitative estimate of drug-likeness (QED) is 0.802. The highest BCUT2D eigenvalue weighted by atomic mass is 16.5. The lowest BCUT2D eigenvalue weighted by Gasteiger charge is -2.10. The number of nitrogens with one attached hydrogen (secondary N) is 1. The van der Waals surface area contributed by atoms with E-state index in [2.05, 4.69) is 18.3 Å². The average Bonchev–Trinajstić information content (AvgIpc) is 2.48. The van der Waals surface area contributed by atoms with Gasteiger partial charge in [0.1, 0.15) is 5.75 Å². The first-order chi connectivity index (χ1) is 10.6. The Morgan fingerprint density at radius 2 is 1.82 bits per heavy atom. The minimum atomic E-state index is 0.0264. The molecule has 0 saturated carbocycles. The number of ether oxygens (including phenoxy) is 1. The highest BCUT2D eigenvalue weighted by Gasteiger charge is 2.05. The minimum Gasteiger partial charge on any atom is -0.493 e. The fourth-order valence-corrected chi connectivity index (χ4v) is 2.30. The van der Waals surface area contributed by atoms with Crippen LogP contribution < -0.4 is 10.1 Å². The van der Waals surface area contributed by atoms with Gasteiger partial charge in [0.2, 0.25) is 5.91 Å². The molecule has 2 aromatic carbocycles. The Balaban J connectivity index is 1.74.